The number of carboxylic acids is 1. The van der Waals surface area contributed by atoms with Crippen LogP contribution < -0.4 is 20.9 Å². The smallest absolute Gasteiger partial charge is 0.307 e. The zero-order chi connectivity index (χ0) is 19.7. The van der Waals surface area contributed by atoms with Crippen LogP contribution in [0.2, 0.25) is 0 Å². The van der Waals surface area contributed by atoms with Crippen LogP contribution in [-0.2, 0) is 4.79 Å². The van der Waals surface area contributed by atoms with Gasteiger partial charge in [0.2, 0.25) is 0 Å². The quantitative estimate of drug-likeness (QED) is 0.638. The van der Waals surface area contributed by atoms with Crippen LogP contribution in [0.3, 0.4) is 0 Å². The van der Waals surface area contributed by atoms with Gasteiger partial charge in [0.15, 0.2) is 0 Å². The highest BCUT2D eigenvalue weighted by molar-refractivity contribution is 5.71. The fourth-order valence-corrected chi connectivity index (χ4v) is 4.42. The number of piperidine rings is 1. The zero-order valence-corrected chi connectivity index (χ0v) is 16.2. The predicted octanol–water partition coefficient (Wildman–Crippen LogP) is 2.92. The van der Waals surface area contributed by atoms with E-state index in [1.54, 1.807) is 0 Å². The largest absolute Gasteiger partial charge is 0.494 e. The van der Waals surface area contributed by atoms with Gasteiger partial charge in [-0.1, -0.05) is 42.0 Å². The summed E-state index contributed by atoms with van der Waals surface area (Å²) in [5.74, 6) is -0.430. The van der Waals surface area contributed by atoms with E-state index in [1.165, 1.54) is 5.56 Å². The molecular weight excluding hydrogens is 354 g/mol. The third-order valence-corrected chi connectivity index (χ3v) is 5.85. The maximum Gasteiger partial charge on any atom is 0.307 e. The van der Waals surface area contributed by atoms with Crippen molar-refractivity contribution in [3.63, 3.8) is 0 Å². The van der Waals surface area contributed by atoms with E-state index in [1.807, 2.05) is 31.2 Å². The number of ether oxygens (including phenoxy) is 1. The molecule has 4 rings (SSSR count). The average molecular weight is 381 g/mol. The van der Waals surface area contributed by atoms with Crippen LogP contribution in [0.4, 0.5) is 0 Å². The number of benzene rings is 2. The van der Waals surface area contributed by atoms with Crippen LogP contribution in [0.25, 0.3) is 0 Å². The fraction of sp³-hybridized carbons (Fsp3) is 0.409. The lowest BCUT2D eigenvalue weighted by molar-refractivity contribution is -0.146. The monoisotopic (exact) mass is 381 g/mol. The first-order valence-electron chi connectivity index (χ1n) is 9.86. The molecule has 2 aliphatic heterocycles. The summed E-state index contributed by atoms with van der Waals surface area (Å²) in [6, 6.07) is 16.1. The molecule has 2 heterocycles. The van der Waals surface area contributed by atoms with E-state index in [9.17, 15) is 9.90 Å². The molecule has 2 aromatic carbocycles. The van der Waals surface area contributed by atoms with Crippen molar-refractivity contribution in [1.29, 1.82) is 0 Å². The van der Waals surface area contributed by atoms with Gasteiger partial charge >= 0.3 is 5.97 Å². The molecule has 0 bridgehead atoms. The SMILES string of the molecule is CCOc1ccc(C2CC(C(=O)O)C3C(NNC3c3ccc(C)cc3)N2)cc1. The second kappa shape index (κ2) is 7.91. The minimum atomic E-state index is -0.741. The van der Waals surface area contributed by atoms with Crippen LogP contribution in [0.15, 0.2) is 48.5 Å². The lowest BCUT2D eigenvalue weighted by Crippen LogP contribution is -2.53. The first-order valence-corrected chi connectivity index (χ1v) is 9.86. The summed E-state index contributed by atoms with van der Waals surface area (Å²) in [6.07, 6.45) is 0.439. The number of aryl methyl sites for hydroxylation is 1. The molecule has 2 saturated heterocycles. The normalized spacial score (nSPS) is 29.3. The highest BCUT2D eigenvalue weighted by Crippen LogP contribution is 2.42. The van der Waals surface area contributed by atoms with E-state index >= 15 is 0 Å². The highest BCUT2D eigenvalue weighted by Gasteiger charge is 2.49. The van der Waals surface area contributed by atoms with Crippen LogP contribution >= 0.6 is 0 Å². The molecular formula is C22H27N3O3. The van der Waals surface area contributed by atoms with E-state index in [0.717, 1.165) is 16.9 Å². The number of hydrazine groups is 1. The Bertz CT molecular complexity index is 822. The average Bonchev–Trinajstić information content (AvgIpc) is 3.12. The molecule has 2 fully saturated rings. The number of carboxylic acid groups (broad SMARTS) is 1. The number of carbonyl (C=O) groups is 1. The standard InChI is InChI=1S/C22H27N3O3/c1-3-28-16-10-8-14(9-11-16)18-12-17(22(26)27)19-20(24-25-21(19)23-18)15-6-4-13(2)5-7-15/h4-11,17-21,23-25H,3,12H2,1-2H3,(H,26,27). The number of nitrogens with one attached hydrogen (secondary N) is 3. The summed E-state index contributed by atoms with van der Waals surface area (Å²) in [7, 11) is 0. The molecule has 5 unspecified atom stereocenters. The number of hydrogen-bond acceptors (Lipinski definition) is 5. The maximum atomic E-state index is 12.1. The van der Waals surface area contributed by atoms with E-state index in [0.29, 0.717) is 13.0 Å². The summed E-state index contributed by atoms with van der Waals surface area (Å²) < 4.78 is 5.51. The van der Waals surface area contributed by atoms with Crippen molar-refractivity contribution in [3.05, 3.63) is 65.2 Å². The molecule has 0 amide bonds. The van der Waals surface area contributed by atoms with Crippen molar-refractivity contribution in [1.82, 2.24) is 16.2 Å². The number of fused-ring (bicyclic) bond motifs is 1. The van der Waals surface area contributed by atoms with Gasteiger partial charge in [0, 0.05) is 12.0 Å². The van der Waals surface area contributed by atoms with Crippen LogP contribution in [0, 0.1) is 18.8 Å². The van der Waals surface area contributed by atoms with Gasteiger partial charge in [-0.2, -0.15) is 0 Å². The lowest BCUT2D eigenvalue weighted by Gasteiger charge is -2.39. The zero-order valence-electron chi connectivity index (χ0n) is 16.2. The van der Waals surface area contributed by atoms with Gasteiger partial charge in [-0.05, 0) is 43.5 Å². The summed E-state index contributed by atoms with van der Waals surface area (Å²) in [4.78, 5) is 12.1. The molecule has 2 aromatic rings. The molecule has 5 atom stereocenters. The summed E-state index contributed by atoms with van der Waals surface area (Å²) >= 11 is 0. The van der Waals surface area contributed by atoms with Crippen molar-refractivity contribution >= 4 is 5.97 Å². The minimum absolute atomic E-state index is 0.0240. The molecule has 0 radical (unpaired) electrons. The van der Waals surface area contributed by atoms with E-state index < -0.39 is 11.9 Å². The fourth-order valence-electron chi connectivity index (χ4n) is 4.42. The van der Waals surface area contributed by atoms with Gasteiger partial charge in [-0.25, -0.2) is 10.9 Å². The lowest BCUT2D eigenvalue weighted by atomic mass is 9.75. The van der Waals surface area contributed by atoms with Crippen LogP contribution in [-0.4, -0.2) is 23.8 Å². The molecule has 6 heteroatoms. The Morgan fingerprint density at radius 2 is 1.75 bits per heavy atom. The summed E-state index contributed by atoms with van der Waals surface area (Å²) in [6.45, 7) is 4.63. The van der Waals surface area contributed by atoms with Crippen molar-refractivity contribution in [2.75, 3.05) is 6.61 Å². The molecule has 28 heavy (non-hydrogen) atoms. The van der Waals surface area contributed by atoms with Crippen LogP contribution in [0.5, 0.6) is 5.75 Å². The second-order valence-corrected chi connectivity index (χ2v) is 7.63. The van der Waals surface area contributed by atoms with E-state index in [-0.39, 0.29) is 24.2 Å². The minimum Gasteiger partial charge on any atom is -0.494 e. The van der Waals surface area contributed by atoms with Gasteiger partial charge in [0.05, 0.1) is 24.7 Å². The Balaban J connectivity index is 1.56. The van der Waals surface area contributed by atoms with E-state index in [2.05, 4.69) is 47.4 Å². The third kappa shape index (κ3) is 3.63. The summed E-state index contributed by atoms with van der Waals surface area (Å²) in [5.41, 5.74) is 9.99. The van der Waals surface area contributed by atoms with Crippen molar-refractivity contribution in [2.45, 2.75) is 38.5 Å². The predicted molar refractivity (Wildman–Crippen MR) is 107 cm³/mol. The first-order chi connectivity index (χ1) is 13.6. The van der Waals surface area contributed by atoms with Gasteiger partial charge < -0.3 is 9.84 Å². The number of rotatable bonds is 5. The Hall–Kier alpha value is -2.41. The number of hydrogen-bond donors (Lipinski definition) is 4. The Morgan fingerprint density at radius 3 is 2.39 bits per heavy atom. The Labute approximate surface area is 165 Å². The molecule has 2 aliphatic rings. The number of aliphatic carboxylic acids is 1. The molecule has 6 nitrogen and oxygen atoms in total. The maximum absolute atomic E-state index is 12.1. The van der Waals surface area contributed by atoms with Gasteiger partial charge in [0.1, 0.15) is 5.75 Å². The van der Waals surface area contributed by atoms with Gasteiger partial charge in [-0.15, -0.1) is 0 Å². The van der Waals surface area contributed by atoms with E-state index in [4.69, 9.17) is 4.74 Å². The summed E-state index contributed by atoms with van der Waals surface area (Å²) in [5, 5.41) is 13.6. The second-order valence-electron chi connectivity index (χ2n) is 7.63. The van der Waals surface area contributed by atoms with Crippen molar-refractivity contribution < 1.29 is 14.6 Å². The Kier molecular flexibility index (Phi) is 5.35. The van der Waals surface area contributed by atoms with Crippen molar-refractivity contribution in [3.8, 4) is 5.75 Å². The van der Waals surface area contributed by atoms with Gasteiger partial charge in [-0.3, -0.25) is 10.1 Å². The molecule has 148 valence electrons. The molecule has 4 N–H and O–H groups in total. The Morgan fingerprint density at radius 1 is 1.07 bits per heavy atom. The highest BCUT2D eigenvalue weighted by atomic mass is 16.5. The molecule has 0 aliphatic carbocycles. The molecule has 0 saturated carbocycles. The topological polar surface area (TPSA) is 82.6 Å². The first kappa shape index (κ1) is 18.9. The third-order valence-electron chi connectivity index (χ3n) is 5.85. The molecule has 0 aromatic heterocycles. The van der Waals surface area contributed by atoms with Crippen LogP contribution in [0.1, 0.15) is 42.1 Å². The molecule has 0 spiro atoms. The van der Waals surface area contributed by atoms with Crippen molar-refractivity contribution in [2.24, 2.45) is 11.8 Å². The van der Waals surface area contributed by atoms with Gasteiger partial charge in [0.25, 0.3) is 0 Å².